The Morgan fingerprint density at radius 1 is 1.12 bits per heavy atom. The van der Waals surface area contributed by atoms with E-state index in [9.17, 15) is 13.6 Å². The van der Waals surface area contributed by atoms with Crippen LogP contribution in [-0.4, -0.2) is 10.9 Å². The van der Waals surface area contributed by atoms with Crippen molar-refractivity contribution in [2.24, 2.45) is 0 Å². The van der Waals surface area contributed by atoms with Gasteiger partial charge in [0.05, 0.1) is 16.3 Å². The molecule has 0 saturated carbocycles. The van der Waals surface area contributed by atoms with E-state index in [4.69, 9.17) is 5.73 Å². The van der Waals surface area contributed by atoms with Gasteiger partial charge in [0.15, 0.2) is 11.6 Å². The van der Waals surface area contributed by atoms with Crippen molar-refractivity contribution >= 4 is 50.2 Å². The van der Waals surface area contributed by atoms with E-state index in [1.165, 1.54) is 6.07 Å². The minimum atomic E-state index is -1.03. The van der Waals surface area contributed by atoms with Crippen molar-refractivity contribution in [2.75, 3.05) is 11.1 Å². The Morgan fingerprint density at radius 3 is 2.69 bits per heavy atom. The lowest BCUT2D eigenvalue weighted by atomic mass is 10.2. The molecule has 0 aliphatic carbocycles. The molecule has 0 aliphatic rings. The highest BCUT2D eigenvalue weighted by molar-refractivity contribution is 7.21. The van der Waals surface area contributed by atoms with Gasteiger partial charge in [-0.15, -0.1) is 22.7 Å². The van der Waals surface area contributed by atoms with Gasteiger partial charge in [-0.25, -0.2) is 13.8 Å². The van der Waals surface area contributed by atoms with Crippen LogP contribution in [0.15, 0.2) is 47.8 Å². The molecular formula is C18H11F2N3OS2. The van der Waals surface area contributed by atoms with E-state index in [1.54, 1.807) is 11.3 Å². The minimum Gasteiger partial charge on any atom is -0.397 e. The van der Waals surface area contributed by atoms with Crippen molar-refractivity contribution < 1.29 is 13.6 Å². The second-order valence-electron chi connectivity index (χ2n) is 5.45. The van der Waals surface area contributed by atoms with Crippen molar-refractivity contribution in [3.8, 4) is 10.6 Å². The highest BCUT2D eigenvalue weighted by Gasteiger charge is 2.18. The zero-order valence-electron chi connectivity index (χ0n) is 13.1. The summed E-state index contributed by atoms with van der Waals surface area (Å²) in [6.45, 7) is 0. The molecule has 1 aromatic carbocycles. The van der Waals surface area contributed by atoms with Crippen LogP contribution in [0.4, 0.5) is 20.2 Å². The quantitative estimate of drug-likeness (QED) is 0.512. The van der Waals surface area contributed by atoms with Crippen molar-refractivity contribution in [1.82, 2.24) is 4.98 Å². The average molecular weight is 387 g/mol. The number of nitrogens with two attached hydrogens (primary N) is 1. The number of benzene rings is 1. The number of anilines is 2. The molecule has 26 heavy (non-hydrogen) atoms. The summed E-state index contributed by atoms with van der Waals surface area (Å²) in [4.78, 5) is 19.0. The van der Waals surface area contributed by atoms with Gasteiger partial charge in [-0.3, -0.25) is 4.79 Å². The number of halogens is 2. The first kappa shape index (κ1) is 16.6. The maximum absolute atomic E-state index is 13.3. The molecule has 0 fully saturated rings. The number of rotatable bonds is 3. The van der Waals surface area contributed by atoms with Gasteiger partial charge in [0, 0.05) is 17.1 Å². The maximum Gasteiger partial charge on any atom is 0.267 e. The number of carbonyl (C=O) groups excluding carboxylic acids is 1. The first-order valence-corrected chi connectivity index (χ1v) is 9.22. The fourth-order valence-corrected chi connectivity index (χ4v) is 4.17. The summed E-state index contributed by atoms with van der Waals surface area (Å²) in [5.74, 6) is -2.50. The predicted octanol–water partition coefficient (Wildman–Crippen LogP) is 5.14. The number of nitrogen functional groups attached to an aromatic ring is 1. The first-order chi connectivity index (χ1) is 12.5. The van der Waals surface area contributed by atoms with Gasteiger partial charge >= 0.3 is 0 Å². The number of fused-ring (bicyclic) bond motifs is 1. The number of aromatic nitrogens is 1. The van der Waals surface area contributed by atoms with Gasteiger partial charge in [0.25, 0.3) is 5.91 Å². The van der Waals surface area contributed by atoms with Gasteiger partial charge < -0.3 is 11.1 Å². The zero-order chi connectivity index (χ0) is 18.3. The molecule has 4 rings (SSSR count). The summed E-state index contributed by atoms with van der Waals surface area (Å²) in [6, 6.07) is 10.7. The standard InChI is InChI=1S/C18H11F2N3OS2/c19-11-5-3-9(8-12(11)20)22-17(24)16-15(21)10-4-6-13(23-18(10)26-16)14-2-1-7-25-14/h1-8H,21H2,(H,22,24). The molecule has 0 radical (unpaired) electrons. The third-order valence-corrected chi connectivity index (χ3v) is 5.76. The molecule has 3 N–H and O–H groups in total. The number of nitrogens with one attached hydrogen (secondary N) is 1. The van der Waals surface area contributed by atoms with Gasteiger partial charge in [0.2, 0.25) is 0 Å². The largest absolute Gasteiger partial charge is 0.397 e. The smallest absolute Gasteiger partial charge is 0.267 e. The van der Waals surface area contributed by atoms with E-state index in [-0.39, 0.29) is 10.6 Å². The number of amides is 1. The molecule has 4 nitrogen and oxygen atoms in total. The number of pyridine rings is 1. The fraction of sp³-hybridized carbons (Fsp3) is 0. The predicted molar refractivity (Wildman–Crippen MR) is 102 cm³/mol. The monoisotopic (exact) mass is 387 g/mol. The lowest BCUT2D eigenvalue weighted by Gasteiger charge is -2.04. The third kappa shape index (κ3) is 2.93. The van der Waals surface area contributed by atoms with Crippen molar-refractivity contribution in [2.45, 2.75) is 0 Å². The molecule has 0 saturated heterocycles. The van der Waals surface area contributed by atoms with E-state index in [0.29, 0.717) is 15.9 Å². The molecule has 0 bridgehead atoms. The molecule has 130 valence electrons. The van der Waals surface area contributed by atoms with Gasteiger partial charge in [-0.05, 0) is 35.7 Å². The van der Waals surface area contributed by atoms with E-state index in [1.807, 2.05) is 29.6 Å². The summed E-state index contributed by atoms with van der Waals surface area (Å²) in [7, 11) is 0. The number of hydrogen-bond donors (Lipinski definition) is 2. The lowest BCUT2D eigenvalue weighted by Crippen LogP contribution is -2.12. The normalized spacial score (nSPS) is 11.0. The summed E-state index contributed by atoms with van der Waals surface area (Å²) in [5, 5.41) is 5.18. The number of carbonyl (C=O) groups is 1. The highest BCUT2D eigenvalue weighted by atomic mass is 32.1. The van der Waals surface area contributed by atoms with E-state index < -0.39 is 17.5 Å². The summed E-state index contributed by atoms with van der Waals surface area (Å²) in [5.41, 5.74) is 7.37. The van der Waals surface area contributed by atoms with Crippen LogP contribution in [0, 0.1) is 11.6 Å². The summed E-state index contributed by atoms with van der Waals surface area (Å²) >= 11 is 2.73. The Kier molecular flexibility index (Phi) is 4.14. The van der Waals surface area contributed by atoms with Crippen molar-refractivity contribution in [1.29, 1.82) is 0 Å². The van der Waals surface area contributed by atoms with Crippen molar-refractivity contribution in [3.63, 3.8) is 0 Å². The van der Waals surface area contributed by atoms with E-state index in [0.717, 1.165) is 34.0 Å². The van der Waals surface area contributed by atoms with Gasteiger partial charge in [0.1, 0.15) is 9.71 Å². The van der Waals surface area contributed by atoms with Crippen LogP contribution < -0.4 is 11.1 Å². The third-order valence-electron chi connectivity index (χ3n) is 3.75. The Bertz CT molecular complexity index is 1120. The van der Waals surface area contributed by atoms with Crippen LogP contribution in [0.2, 0.25) is 0 Å². The minimum absolute atomic E-state index is 0.151. The first-order valence-electron chi connectivity index (χ1n) is 7.52. The lowest BCUT2D eigenvalue weighted by molar-refractivity contribution is 0.103. The Labute approximate surface area is 154 Å². The van der Waals surface area contributed by atoms with Crippen LogP contribution in [0.25, 0.3) is 20.8 Å². The molecule has 8 heteroatoms. The fourth-order valence-electron chi connectivity index (χ4n) is 2.49. The number of hydrogen-bond acceptors (Lipinski definition) is 5. The molecule has 3 aromatic heterocycles. The van der Waals surface area contributed by atoms with Crippen LogP contribution in [-0.2, 0) is 0 Å². The molecule has 0 atom stereocenters. The van der Waals surface area contributed by atoms with E-state index >= 15 is 0 Å². The molecule has 0 spiro atoms. The van der Waals surface area contributed by atoms with E-state index in [2.05, 4.69) is 10.3 Å². The molecule has 3 heterocycles. The summed E-state index contributed by atoms with van der Waals surface area (Å²) < 4.78 is 26.3. The number of nitrogens with zero attached hydrogens (tertiary/aromatic N) is 1. The van der Waals surface area contributed by atoms with Crippen molar-refractivity contribution in [3.05, 3.63) is 64.4 Å². The zero-order valence-corrected chi connectivity index (χ0v) is 14.8. The second kappa shape index (κ2) is 6.47. The molecule has 4 aromatic rings. The van der Waals surface area contributed by atoms with Gasteiger partial charge in [-0.1, -0.05) is 6.07 Å². The molecule has 1 amide bonds. The summed E-state index contributed by atoms with van der Waals surface area (Å²) in [6.07, 6.45) is 0. The Balaban J connectivity index is 1.68. The van der Waals surface area contributed by atoms with Crippen LogP contribution >= 0.6 is 22.7 Å². The Morgan fingerprint density at radius 2 is 1.96 bits per heavy atom. The average Bonchev–Trinajstić information content (AvgIpc) is 3.26. The highest BCUT2D eigenvalue weighted by Crippen LogP contribution is 2.35. The topological polar surface area (TPSA) is 68.0 Å². The maximum atomic E-state index is 13.3. The SMILES string of the molecule is Nc1c(C(=O)Nc2ccc(F)c(F)c2)sc2nc(-c3cccs3)ccc12. The van der Waals surface area contributed by atoms with Crippen LogP contribution in [0.5, 0.6) is 0 Å². The van der Waals surface area contributed by atoms with Crippen LogP contribution in [0.3, 0.4) is 0 Å². The van der Waals surface area contributed by atoms with Gasteiger partial charge in [-0.2, -0.15) is 0 Å². The Hall–Kier alpha value is -2.84. The number of thiophene rings is 2. The molecular weight excluding hydrogens is 376 g/mol. The van der Waals surface area contributed by atoms with Crippen LogP contribution in [0.1, 0.15) is 9.67 Å². The second-order valence-corrected chi connectivity index (χ2v) is 7.40. The molecule has 0 aliphatic heterocycles. The molecule has 0 unspecified atom stereocenters.